The zero-order valence-electron chi connectivity index (χ0n) is 11.1. The van der Waals surface area contributed by atoms with Crippen LogP contribution in [-0.4, -0.2) is 36.5 Å². The molecule has 1 aromatic rings. The predicted octanol–water partition coefficient (Wildman–Crippen LogP) is 1.21. The van der Waals surface area contributed by atoms with E-state index in [0.29, 0.717) is 22.9 Å². The number of benzene rings is 1. The van der Waals surface area contributed by atoms with Crippen LogP contribution in [-0.2, 0) is 20.6 Å². The quantitative estimate of drug-likeness (QED) is 0.765. The minimum absolute atomic E-state index is 0.0515. The number of anilines is 1. The first-order valence-electron chi connectivity index (χ1n) is 6.00. The highest BCUT2D eigenvalue weighted by Gasteiger charge is 2.14. The van der Waals surface area contributed by atoms with Gasteiger partial charge in [0, 0.05) is 17.2 Å². The highest BCUT2D eigenvalue weighted by molar-refractivity contribution is 7.93. The Balaban J connectivity index is 2.84. The van der Waals surface area contributed by atoms with Gasteiger partial charge in [-0.15, -0.1) is 0 Å². The molecule has 0 saturated heterocycles. The average Bonchev–Trinajstić information content (AvgIpc) is 2.38. The van der Waals surface area contributed by atoms with E-state index in [2.05, 4.69) is 0 Å². The van der Waals surface area contributed by atoms with Gasteiger partial charge in [0.1, 0.15) is 5.75 Å². The van der Waals surface area contributed by atoms with E-state index in [1.54, 1.807) is 25.1 Å². The molecule has 1 atom stereocenters. The molecule has 0 aliphatic heterocycles. The molecule has 1 rings (SSSR count). The maximum Gasteiger partial charge on any atom is 0.150 e. The molecule has 0 aliphatic carbocycles. The summed E-state index contributed by atoms with van der Waals surface area (Å²) in [6.07, 6.45) is 0. The number of sulfone groups is 1. The fourth-order valence-electron chi connectivity index (χ4n) is 1.43. The third kappa shape index (κ3) is 4.83. The van der Waals surface area contributed by atoms with Crippen LogP contribution in [0.5, 0.6) is 5.75 Å². The Bertz CT molecular complexity index is 555. The zero-order valence-corrected chi connectivity index (χ0v) is 12.7. The Morgan fingerprint density at radius 3 is 2.58 bits per heavy atom. The van der Waals surface area contributed by atoms with Crippen LogP contribution in [0, 0.1) is 0 Å². The minimum atomic E-state index is -3.12. The Kier molecular flexibility index (Phi) is 5.81. The molecule has 1 unspecified atom stereocenters. The van der Waals surface area contributed by atoms with E-state index in [1.165, 1.54) is 0 Å². The Morgan fingerprint density at radius 2 is 2.00 bits per heavy atom. The van der Waals surface area contributed by atoms with Gasteiger partial charge in [-0.1, -0.05) is 6.92 Å². The number of nitrogens with two attached hydrogens (primary N) is 1. The molecule has 19 heavy (non-hydrogen) atoms. The van der Waals surface area contributed by atoms with Gasteiger partial charge in [0.25, 0.3) is 0 Å². The maximum atomic E-state index is 12.1. The van der Waals surface area contributed by atoms with Crippen molar-refractivity contribution in [1.29, 1.82) is 0 Å². The lowest BCUT2D eigenvalue weighted by molar-refractivity contribution is 0.339. The first kappa shape index (κ1) is 16.0. The van der Waals surface area contributed by atoms with Crippen molar-refractivity contribution >= 4 is 26.3 Å². The second-order valence-electron chi connectivity index (χ2n) is 3.92. The first-order chi connectivity index (χ1) is 8.89. The average molecular weight is 305 g/mol. The Labute approximate surface area is 116 Å². The summed E-state index contributed by atoms with van der Waals surface area (Å²) in [7, 11) is -4.56. The molecule has 0 radical (unpaired) electrons. The summed E-state index contributed by atoms with van der Waals surface area (Å²) < 4.78 is 40.2. The molecule has 0 aromatic heterocycles. The van der Waals surface area contributed by atoms with Crippen molar-refractivity contribution in [2.75, 3.05) is 29.6 Å². The maximum absolute atomic E-state index is 12.1. The van der Waals surface area contributed by atoms with E-state index in [1.807, 2.05) is 6.92 Å². The number of hydrogen-bond acceptors (Lipinski definition) is 5. The van der Waals surface area contributed by atoms with Crippen molar-refractivity contribution in [2.45, 2.75) is 18.7 Å². The topological polar surface area (TPSA) is 86.5 Å². The van der Waals surface area contributed by atoms with Gasteiger partial charge in [-0.25, -0.2) is 8.42 Å². The second-order valence-corrected chi connectivity index (χ2v) is 7.93. The molecule has 0 aliphatic rings. The summed E-state index contributed by atoms with van der Waals surface area (Å²) in [5.74, 6) is 0.585. The molecule has 0 spiro atoms. The highest BCUT2D eigenvalue weighted by atomic mass is 32.2. The number of rotatable bonds is 7. The summed E-state index contributed by atoms with van der Waals surface area (Å²) >= 11 is 0. The van der Waals surface area contributed by atoms with Crippen LogP contribution in [0.4, 0.5) is 5.69 Å². The van der Waals surface area contributed by atoms with Crippen molar-refractivity contribution in [3.8, 4) is 5.75 Å². The van der Waals surface area contributed by atoms with Crippen LogP contribution in [0.1, 0.15) is 13.8 Å². The SMILES string of the molecule is CCOc1ccc(N)c(S(=O)CCS(=O)(=O)CC)c1. The smallest absolute Gasteiger partial charge is 0.150 e. The van der Waals surface area contributed by atoms with Crippen LogP contribution in [0.25, 0.3) is 0 Å². The molecule has 0 bridgehead atoms. The molecule has 5 nitrogen and oxygen atoms in total. The standard InChI is InChI=1S/C12H19NO4S2/c1-3-17-10-5-6-11(13)12(9-10)18(14)7-8-19(15,16)4-2/h5-6,9H,3-4,7-8,13H2,1-2H3. The van der Waals surface area contributed by atoms with Gasteiger partial charge in [0.05, 0.1) is 28.1 Å². The third-order valence-electron chi connectivity index (χ3n) is 2.56. The molecule has 0 heterocycles. The second kappa shape index (κ2) is 6.91. The molecular weight excluding hydrogens is 286 g/mol. The van der Waals surface area contributed by atoms with E-state index in [9.17, 15) is 12.6 Å². The van der Waals surface area contributed by atoms with Crippen molar-refractivity contribution < 1.29 is 17.4 Å². The normalized spacial score (nSPS) is 13.2. The fraction of sp³-hybridized carbons (Fsp3) is 0.500. The Morgan fingerprint density at radius 1 is 1.32 bits per heavy atom. The van der Waals surface area contributed by atoms with Crippen molar-refractivity contribution in [2.24, 2.45) is 0 Å². The third-order valence-corrected chi connectivity index (χ3v) is 5.94. The zero-order chi connectivity index (χ0) is 14.5. The molecule has 0 saturated carbocycles. The first-order valence-corrected chi connectivity index (χ1v) is 9.14. The summed E-state index contributed by atoms with van der Waals surface area (Å²) in [4.78, 5) is 0.428. The molecule has 7 heteroatoms. The number of hydrogen-bond donors (Lipinski definition) is 1. The van der Waals surface area contributed by atoms with Gasteiger partial charge in [-0.3, -0.25) is 4.21 Å². The van der Waals surface area contributed by atoms with Gasteiger partial charge < -0.3 is 10.5 Å². The van der Waals surface area contributed by atoms with Gasteiger partial charge in [0.2, 0.25) is 0 Å². The van der Waals surface area contributed by atoms with Crippen molar-refractivity contribution in [1.82, 2.24) is 0 Å². The molecular formula is C12H19NO4S2. The van der Waals surface area contributed by atoms with E-state index in [0.717, 1.165) is 0 Å². The van der Waals surface area contributed by atoms with Crippen molar-refractivity contribution in [3.63, 3.8) is 0 Å². The Hall–Kier alpha value is -1.08. The molecule has 0 fully saturated rings. The largest absolute Gasteiger partial charge is 0.494 e. The van der Waals surface area contributed by atoms with E-state index < -0.39 is 20.6 Å². The predicted molar refractivity (Wildman–Crippen MR) is 77.6 cm³/mol. The lowest BCUT2D eigenvalue weighted by Crippen LogP contribution is -2.15. The minimum Gasteiger partial charge on any atom is -0.494 e. The van der Waals surface area contributed by atoms with Crippen LogP contribution < -0.4 is 10.5 Å². The summed E-state index contributed by atoms with van der Waals surface area (Å²) in [5, 5.41) is 0. The monoisotopic (exact) mass is 305 g/mol. The number of nitrogen functional groups attached to an aromatic ring is 1. The van der Waals surface area contributed by atoms with Crippen molar-refractivity contribution in [3.05, 3.63) is 18.2 Å². The lowest BCUT2D eigenvalue weighted by Gasteiger charge is -2.09. The summed E-state index contributed by atoms with van der Waals surface area (Å²) in [6.45, 7) is 3.92. The van der Waals surface area contributed by atoms with E-state index in [4.69, 9.17) is 10.5 Å². The van der Waals surface area contributed by atoms with E-state index >= 15 is 0 Å². The summed E-state index contributed by atoms with van der Waals surface area (Å²) in [5.41, 5.74) is 6.15. The number of ether oxygens (including phenoxy) is 1. The lowest BCUT2D eigenvalue weighted by atomic mass is 10.3. The van der Waals surface area contributed by atoms with Crippen LogP contribution in [0.15, 0.2) is 23.1 Å². The molecule has 108 valence electrons. The van der Waals surface area contributed by atoms with Crippen LogP contribution >= 0.6 is 0 Å². The molecule has 2 N–H and O–H groups in total. The highest BCUT2D eigenvalue weighted by Crippen LogP contribution is 2.23. The summed E-state index contributed by atoms with van der Waals surface area (Å²) in [6, 6.07) is 4.92. The van der Waals surface area contributed by atoms with E-state index in [-0.39, 0.29) is 17.3 Å². The van der Waals surface area contributed by atoms with Crippen LogP contribution in [0.2, 0.25) is 0 Å². The van der Waals surface area contributed by atoms with Gasteiger partial charge in [0.15, 0.2) is 9.84 Å². The van der Waals surface area contributed by atoms with Crippen LogP contribution in [0.3, 0.4) is 0 Å². The van der Waals surface area contributed by atoms with Gasteiger partial charge >= 0.3 is 0 Å². The fourth-order valence-corrected chi connectivity index (χ4v) is 4.13. The molecule has 0 amide bonds. The van der Waals surface area contributed by atoms with Gasteiger partial charge in [-0.05, 0) is 25.1 Å². The molecule has 1 aromatic carbocycles. The van der Waals surface area contributed by atoms with Gasteiger partial charge in [-0.2, -0.15) is 0 Å².